The molecule has 1 rings (SSSR count). The number of nitro benzene ring substituents is 1. The number of non-ortho nitro benzene ring substituents is 1. The highest BCUT2D eigenvalue weighted by atomic mass is 16.6. The number of likely N-dealkylation sites (N-methyl/N-ethyl adjacent to an activating group) is 2. The normalized spacial score (nSPS) is 10.4. The van der Waals surface area contributed by atoms with Crippen LogP contribution in [0.1, 0.15) is 5.56 Å². The number of amides is 1. The number of hydrogen-bond acceptors (Lipinski definition) is 4. The van der Waals surface area contributed by atoms with Gasteiger partial charge in [-0.15, -0.1) is 0 Å². The molecule has 0 unspecified atom stereocenters. The third kappa shape index (κ3) is 4.14. The molecule has 0 aliphatic rings. The number of rotatable bonds is 5. The van der Waals surface area contributed by atoms with Crippen molar-refractivity contribution in [3.05, 3.63) is 39.9 Å². The van der Waals surface area contributed by atoms with E-state index < -0.39 is 4.92 Å². The van der Waals surface area contributed by atoms with Crippen molar-refractivity contribution in [2.24, 2.45) is 0 Å². The van der Waals surface area contributed by atoms with Crippen molar-refractivity contribution in [2.45, 2.75) is 6.54 Å². The lowest BCUT2D eigenvalue weighted by molar-refractivity contribution is -0.384. The van der Waals surface area contributed by atoms with Gasteiger partial charge in [0.05, 0.1) is 11.5 Å². The van der Waals surface area contributed by atoms with Crippen molar-refractivity contribution >= 4 is 11.6 Å². The highest BCUT2D eigenvalue weighted by Crippen LogP contribution is 2.14. The second-order valence-corrected chi connectivity index (χ2v) is 4.39. The van der Waals surface area contributed by atoms with Gasteiger partial charge in [-0.25, -0.2) is 0 Å². The molecule has 0 fully saturated rings. The van der Waals surface area contributed by atoms with E-state index in [-0.39, 0.29) is 18.1 Å². The minimum atomic E-state index is -0.422. The van der Waals surface area contributed by atoms with Crippen LogP contribution in [0.2, 0.25) is 0 Å². The van der Waals surface area contributed by atoms with Crippen LogP contribution in [-0.2, 0) is 11.3 Å². The summed E-state index contributed by atoms with van der Waals surface area (Å²) in [5.74, 6) is 0.00271. The average molecular weight is 251 g/mol. The zero-order valence-electron chi connectivity index (χ0n) is 10.8. The maximum Gasteiger partial charge on any atom is 0.269 e. The summed E-state index contributed by atoms with van der Waals surface area (Å²) in [6, 6.07) is 6.43. The van der Waals surface area contributed by atoms with E-state index in [0.29, 0.717) is 6.54 Å². The van der Waals surface area contributed by atoms with Crippen molar-refractivity contribution in [2.75, 3.05) is 27.7 Å². The van der Waals surface area contributed by atoms with E-state index in [1.165, 1.54) is 17.0 Å². The largest absolute Gasteiger partial charge is 0.348 e. The molecule has 0 bridgehead atoms. The van der Waals surface area contributed by atoms with Gasteiger partial charge >= 0.3 is 0 Å². The Kier molecular flexibility index (Phi) is 4.79. The molecule has 98 valence electrons. The van der Waals surface area contributed by atoms with Gasteiger partial charge in [0.1, 0.15) is 0 Å². The molecule has 1 aromatic carbocycles. The maximum atomic E-state index is 11.5. The third-order valence-electron chi connectivity index (χ3n) is 2.48. The molecule has 1 aromatic rings. The molecule has 0 aliphatic carbocycles. The highest BCUT2D eigenvalue weighted by Gasteiger charge is 2.10. The van der Waals surface area contributed by atoms with Crippen molar-refractivity contribution in [1.82, 2.24) is 9.80 Å². The Balaban J connectivity index is 2.64. The van der Waals surface area contributed by atoms with Crippen LogP contribution in [0.3, 0.4) is 0 Å². The minimum absolute atomic E-state index is 0.00271. The molecule has 0 radical (unpaired) electrons. The fourth-order valence-corrected chi connectivity index (χ4v) is 1.51. The smallest absolute Gasteiger partial charge is 0.269 e. The van der Waals surface area contributed by atoms with Crippen LogP contribution in [0.25, 0.3) is 0 Å². The summed E-state index contributed by atoms with van der Waals surface area (Å²) in [6.45, 7) is 0.789. The molecular weight excluding hydrogens is 234 g/mol. The summed E-state index contributed by atoms with van der Waals surface area (Å²) >= 11 is 0. The standard InChI is InChI=1S/C12H17N3O3/c1-13(2)12(16)9-14(3)8-10-5-4-6-11(7-10)15(17)18/h4-7H,8-9H2,1-3H3. The molecular formula is C12H17N3O3. The molecule has 0 heterocycles. The highest BCUT2D eigenvalue weighted by molar-refractivity contribution is 5.77. The van der Waals surface area contributed by atoms with E-state index in [0.717, 1.165) is 5.56 Å². The van der Waals surface area contributed by atoms with Gasteiger partial charge in [0, 0.05) is 32.8 Å². The van der Waals surface area contributed by atoms with Gasteiger partial charge in [-0.05, 0) is 12.6 Å². The van der Waals surface area contributed by atoms with Crippen LogP contribution >= 0.6 is 0 Å². The molecule has 0 atom stereocenters. The van der Waals surface area contributed by atoms with Crippen molar-refractivity contribution in [3.63, 3.8) is 0 Å². The number of carbonyl (C=O) groups is 1. The molecule has 0 aliphatic heterocycles. The van der Waals surface area contributed by atoms with Crippen LogP contribution in [0.4, 0.5) is 5.69 Å². The van der Waals surface area contributed by atoms with E-state index in [9.17, 15) is 14.9 Å². The van der Waals surface area contributed by atoms with Gasteiger partial charge in [-0.3, -0.25) is 19.8 Å². The Hall–Kier alpha value is -1.95. The van der Waals surface area contributed by atoms with Crippen LogP contribution in [0.5, 0.6) is 0 Å². The second kappa shape index (κ2) is 6.11. The summed E-state index contributed by atoms with van der Waals surface area (Å²) in [5, 5.41) is 10.6. The van der Waals surface area contributed by atoms with E-state index in [2.05, 4.69) is 0 Å². The Morgan fingerprint density at radius 3 is 2.56 bits per heavy atom. The topological polar surface area (TPSA) is 66.7 Å². The van der Waals surface area contributed by atoms with Crippen molar-refractivity contribution < 1.29 is 9.72 Å². The van der Waals surface area contributed by atoms with E-state index in [1.807, 2.05) is 11.0 Å². The molecule has 0 saturated carbocycles. The van der Waals surface area contributed by atoms with Gasteiger partial charge in [-0.2, -0.15) is 0 Å². The SMILES string of the molecule is CN(CC(=O)N(C)C)Cc1cccc([N+](=O)[O-])c1. The Bertz CT molecular complexity index is 446. The minimum Gasteiger partial charge on any atom is -0.348 e. The monoisotopic (exact) mass is 251 g/mol. The lowest BCUT2D eigenvalue weighted by Gasteiger charge is -2.18. The summed E-state index contributed by atoms with van der Waals surface area (Å²) < 4.78 is 0. The molecule has 0 aromatic heterocycles. The first-order valence-electron chi connectivity index (χ1n) is 5.52. The predicted octanol–water partition coefficient (Wildman–Crippen LogP) is 1.11. The number of carbonyl (C=O) groups excluding carboxylic acids is 1. The van der Waals surface area contributed by atoms with E-state index >= 15 is 0 Å². The lowest BCUT2D eigenvalue weighted by atomic mass is 10.2. The first kappa shape index (κ1) is 14.1. The van der Waals surface area contributed by atoms with Gasteiger partial charge in [-0.1, -0.05) is 12.1 Å². The molecule has 0 saturated heterocycles. The van der Waals surface area contributed by atoms with Gasteiger partial charge < -0.3 is 4.90 Å². The summed E-state index contributed by atoms with van der Waals surface area (Å²) in [7, 11) is 5.20. The van der Waals surface area contributed by atoms with Crippen LogP contribution in [-0.4, -0.2) is 48.3 Å². The molecule has 1 amide bonds. The molecule has 0 N–H and O–H groups in total. The number of benzene rings is 1. The Labute approximate surface area is 106 Å². The number of nitro groups is 1. The summed E-state index contributed by atoms with van der Waals surface area (Å²) in [4.78, 5) is 25.0. The zero-order valence-corrected chi connectivity index (χ0v) is 10.8. The summed E-state index contributed by atoms with van der Waals surface area (Å²) in [5.41, 5.74) is 0.887. The third-order valence-corrected chi connectivity index (χ3v) is 2.48. The number of nitrogens with zero attached hydrogens (tertiary/aromatic N) is 3. The van der Waals surface area contributed by atoms with Crippen LogP contribution in [0.15, 0.2) is 24.3 Å². The van der Waals surface area contributed by atoms with Gasteiger partial charge in [0.2, 0.25) is 5.91 Å². The fourth-order valence-electron chi connectivity index (χ4n) is 1.51. The Morgan fingerprint density at radius 1 is 1.33 bits per heavy atom. The molecule has 6 heteroatoms. The van der Waals surface area contributed by atoms with Crippen molar-refractivity contribution in [1.29, 1.82) is 0 Å². The Morgan fingerprint density at radius 2 is 2.00 bits per heavy atom. The second-order valence-electron chi connectivity index (χ2n) is 4.39. The van der Waals surface area contributed by atoms with E-state index in [4.69, 9.17) is 0 Å². The quantitative estimate of drug-likeness (QED) is 0.581. The van der Waals surface area contributed by atoms with Gasteiger partial charge in [0.25, 0.3) is 5.69 Å². The first-order valence-corrected chi connectivity index (χ1v) is 5.52. The van der Waals surface area contributed by atoms with Crippen LogP contribution < -0.4 is 0 Å². The van der Waals surface area contributed by atoms with Gasteiger partial charge in [0.15, 0.2) is 0 Å². The predicted molar refractivity (Wildman–Crippen MR) is 68.1 cm³/mol. The average Bonchev–Trinajstić information content (AvgIpc) is 2.28. The van der Waals surface area contributed by atoms with Crippen molar-refractivity contribution in [3.8, 4) is 0 Å². The first-order chi connectivity index (χ1) is 8.40. The lowest BCUT2D eigenvalue weighted by Crippen LogP contribution is -2.34. The van der Waals surface area contributed by atoms with Crippen LogP contribution in [0, 0.1) is 10.1 Å². The zero-order chi connectivity index (χ0) is 13.7. The number of hydrogen-bond donors (Lipinski definition) is 0. The fraction of sp³-hybridized carbons (Fsp3) is 0.417. The van der Waals surface area contributed by atoms with E-state index in [1.54, 1.807) is 27.2 Å². The summed E-state index contributed by atoms with van der Waals surface area (Å²) in [6.07, 6.45) is 0. The maximum absolute atomic E-state index is 11.5. The molecule has 0 spiro atoms. The molecule has 18 heavy (non-hydrogen) atoms. The molecule has 6 nitrogen and oxygen atoms in total.